The van der Waals surface area contributed by atoms with E-state index in [4.69, 9.17) is 18.0 Å². The van der Waals surface area contributed by atoms with Gasteiger partial charge < -0.3 is 10.3 Å². The average molecular weight is 286 g/mol. The van der Waals surface area contributed by atoms with E-state index in [9.17, 15) is 0 Å². The Hall–Kier alpha value is -1.65. The van der Waals surface area contributed by atoms with E-state index in [1.54, 1.807) is 11.3 Å². The molecule has 0 fully saturated rings. The monoisotopic (exact) mass is 286 g/mol. The molecule has 0 amide bonds. The maximum atomic E-state index is 5.66. The van der Waals surface area contributed by atoms with Gasteiger partial charge in [-0.05, 0) is 53.1 Å². The van der Waals surface area contributed by atoms with Gasteiger partial charge in [0, 0.05) is 29.2 Å². The van der Waals surface area contributed by atoms with Crippen molar-refractivity contribution < 1.29 is 0 Å². The number of thiocarbonyl (C=S) groups is 1. The molecule has 4 heteroatoms. The molecular formula is C15H14N2S2. The van der Waals surface area contributed by atoms with Gasteiger partial charge in [0.1, 0.15) is 4.99 Å². The molecular weight excluding hydrogens is 272 g/mol. The van der Waals surface area contributed by atoms with E-state index in [2.05, 4.69) is 45.8 Å². The Morgan fingerprint density at radius 2 is 2.16 bits per heavy atom. The summed E-state index contributed by atoms with van der Waals surface area (Å²) in [6.45, 7) is 0.993. The van der Waals surface area contributed by atoms with Gasteiger partial charge in [-0.2, -0.15) is 11.3 Å². The lowest BCUT2D eigenvalue weighted by molar-refractivity contribution is 0.724. The van der Waals surface area contributed by atoms with Crippen molar-refractivity contribution in [3.05, 3.63) is 58.4 Å². The number of hydrogen-bond acceptors (Lipinski definition) is 2. The summed E-state index contributed by atoms with van der Waals surface area (Å²) in [4.78, 5) is 0.452. The Morgan fingerprint density at radius 3 is 2.89 bits per heavy atom. The van der Waals surface area contributed by atoms with Crippen molar-refractivity contribution in [2.45, 2.75) is 13.0 Å². The van der Waals surface area contributed by atoms with Crippen LogP contribution in [-0.4, -0.2) is 9.56 Å². The summed E-state index contributed by atoms with van der Waals surface area (Å²) in [7, 11) is 0. The van der Waals surface area contributed by atoms with Crippen LogP contribution in [0.4, 0.5) is 0 Å². The van der Waals surface area contributed by atoms with Crippen LogP contribution in [0.2, 0.25) is 0 Å². The van der Waals surface area contributed by atoms with Gasteiger partial charge in [0.15, 0.2) is 0 Å². The van der Waals surface area contributed by atoms with Crippen LogP contribution in [0, 0.1) is 0 Å². The second-order valence-corrected chi connectivity index (χ2v) is 5.75. The van der Waals surface area contributed by atoms with Crippen LogP contribution in [0.3, 0.4) is 0 Å². The van der Waals surface area contributed by atoms with E-state index in [0.29, 0.717) is 4.99 Å². The van der Waals surface area contributed by atoms with E-state index in [-0.39, 0.29) is 0 Å². The van der Waals surface area contributed by atoms with Crippen LogP contribution < -0.4 is 5.73 Å². The maximum Gasteiger partial charge on any atom is 0.104 e. The number of hydrogen-bond donors (Lipinski definition) is 1. The first-order valence-electron chi connectivity index (χ1n) is 6.14. The summed E-state index contributed by atoms with van der Waals surface area (Å²) < 4.78 is 2.27. The number of nitrogens with zero attached hydrogens (tertiary/aromatic N) is 1. The van der Waals surface area contributed by atoms with Gasteiger partial charge in [-0.3, -0.25) is 0 Å². The molecule has 2 heterocycles. The predicted molar refractivity (Wildman–Crippen MR) is 85.8 cm³/mol. The molecule has 0 saturated heterocycles. The van der Waals surface area contributed by atoms with Crippen LogP contribution in [0.1, 0.15) is 11.1 Å². The Balaban J connectivity index is 1.86. The highest BCUT2D eigenvalue weighted by molar-refractivity contribution is 7.80. The van der Waals surface area contributed by atoms with Crippen LogP contribution in [-0.2, 0) is 13.0 Å². The number of thiophene rings is 1. The van der Waals surface area contributed by atoms with Crippen molar-refractivity contribution in [2.24, 2.45) is 5.73 Å². The number of benzene rings is 1. The molecule has 96 valence electrons. The smallest absolute Gasteiger partial charge is 0.104 e. The Bertz CT molecular complexity index is 711. The van der Waals surface area contributed by atoms with Crippen LogP contribution in [0.15, 0.2) is 47.3 Å². The predicted octanol–water partition coefficient (Wildman–Crippen LogP) is 3.58. The van der Waals surface area contributed by atoms with E-state index in [1.807, 2.05) is 6.07 Å². The standard InChI is InChI=1S/C15H14N2S2/c16-15(18)13-1-2-14-12(9-13)4-7-17(14)6-3-11-5-8-19-10-11/h1-2,4-5,7-10H,3,6H2,(H2,16,18). The minimum absolute atomic E-state index is 0.452. The molecule has 0 atom stereocenters. The molecule has 2 aromatic heterocycles. The zero-order chi connectivity index (χ0) is 13.2. The number of aromatic nitrogens is 1. The minimum atomic E-state index is 0.452. The van der Waals surface area contributed by atoms with E-state index in [1.165, 1.54) is 16.5 Å². The maximum absolute atomic E-state index is 5.66. The molecule has 0 aliphatic heterocycles. The fourth-order valence-electron chi connectivity index (χ4n) is 2.23. The number of aryl methyl sites for hydroxylation is 2. The van der Waals surface area contributed by atoms with Gasteiger partial charge in [0.2, 0.25) is 0 Å². The highest BCUT2D eigenvalue weighted by atomic mass is 32.1. The SMILES string of the molecule is NC(=S)c1ccc2c(ccn2CCc2ccsc2)c1. The third-order valence-corrected chi connectivity index (χ3v) is 4.24. The first kappa shape index (κ1) is 12.4. The first-order chi connectivity index (χ1) is 9.24. The lowest BCUT2D eigenvalue weighted by atomic mass is 10.1. The van der Waals surface area contributed by atoms with Gasteiger partial charge in [0.25, 0.3) is 0 Å². The normalized spacial score (nSPS) is 10.9. The minimum Gasteiger partial charge on any atom is -0.389 e. The van der Waals surface area contributed by atoms with Gasteiger partial charge in [-0.25, -0.2) is 0 Å². The quantitative estimate of drug-likeness (QED) is 0.743. The second kappa shape index (κ2) is 5.15. The lowest BCUT2D eigenvalue weighted by Crippen LogP contribution is -2.08. The molecule has 0 saturated carbocycles. The molecule has 3 aromatic rings. The van der Waals surface area contributed by atoms with Gasteiger partial charge in [0.05, 0.1) is 0 Å². The lowest BCUT2D eigenvalue weighted by Gasteiger charge is -2.05. The zero-order valence-corrected chi connectivity index (χ0v) is 12.0. The molecule has 0 spiro atoms. The van der Waals surface area contributed by atoms with Crippen molar-refractivity contribution >= 4 is 39.4 Å². The van der Waals surface area contributed by atoms with Gasteiger partial charge in [-0.1, -0.05) is 12.2 Å². The third kappa shape index (κ3) is 2.55. The fraction of sp³-hybridized carbons (Fsp3) is 0.133. The van der Waals surface area contributed by atoms with E-state index < -0.39 is 0 Å². The zero-order valence-electron chi connectivity index (χ0n) is 10.4. The molecule has 0 aliphatic carbocycles. The highest BCUT2D eigenvalue weighted by Gasteiger charge is 2.04. The first-order valence-corrected chi connectivity index (χ1v) is 7.49. The van der Waals surface area contributed by atoms with Crippen LogP contribution in [0.25, 0.3) is 10.9 Å². The average Bonchev–Trinajstić information content (AvgIpc) is 3.05. The van der Waals surface area contributed by atoms with Crippen molar-refractivity contribution in [1.82, 2.24) is 4.57 Å². The van der Waals surface area contributed by atoms with Crippen LogP contribution in [0.5, 0.6) is 0 Å². The van der Waals surface area contributed by atoms with Crippen molar-refractivity contribution in [3.63, 3.8) is 0 Å². The molecule has 2 N–H and O–H groups in total. The van der Waals surface area contributed by atoms with Crippen molar-refractivity contribution in [1.29, 1.82) is 0 Å². The molecule has 19 heavy (non-hydrogen) atoms. The molecule has 0 bridgehead atoms. The second-order valence-electron chi connectivity index (χ2n) is 4.53. The Labute approximate surface area is 121 Å². The number of nitrogens with two attached hydrogens (primary N) is 1. The molecule has 1 aromatic carbocycles. The summed E-state index contributed by atoms with van der Waals surface area (Å²) in [5.74, 6) is 0. The molecule has 2 nitrogen and oxygen atoms in total. The summed E-state index contributed by atoms with van der Waals surface area (Å²) in [6, 6.07) is 10.4. The van der Waals surface area contributed by atoms with Gasteiger partial charge in [-0.15, -0.1) is 0 Å². The molecule has 0 aliphatic rings. The third-order valence-electron chi connectivity index (χ3n) is 3.28. The summed E-state index contributed by atoms with van der Waals surface area (Å²) in [5, 5.41) is 5.52. The summed E-state index contributed by atoms with van der Waals surface area (Å²) >= 11 is 6.76. The topological polar surface area (TPSA) is 30.9 Å². The van der Waals surface area contributed by atoms with E-state index in [0.717, 1.165) is 18.5 Å². The Kier molecular flexibility index (Phi) is 3.36. The summed E-state index contributed by atoms with van der Waals surface area (Å²) in [5.41, 5.74) is 9.22. The number of rotatable bonds is 4. The molecule has 3 rings (SSSR count). The van der Waals surface area contributed by atoms with Crippen LogP contribution >= 0.6 is 23.6 Å². The molecule has 0 unspecified atom stereocenters. The fourth-order valence-corrected chi connectivity index (χ4v) is 3.06. The van der Waals surface area contributed by atoms with E-state index >= 15 is 0 Å². The highest BCUT2D eigenvalue weighted by Crippen LogP contribution is 2.19. The Morgan fingerprint density at radius 1 is 1.26 bits per heavy atom. The summed E-state index contributed by atoms with van der Waals surface area (Å²) in [6.07, 6.45) is 3.19. The van der Waals surface area contributed by atoms with Gasteiger partial charge >= 0.3 is 0 Å². The van der Waals surface area contributed by atoms with Crippen molar-refractivity contribution in [3.8, 4) is 0 Å². The number of fused-ring (bicyclic) bond motifs is 1. The van der Waals surface area contributed by atoms with Crippen molar-refractivity contribution in [2.75, 3.05) is 0 Å². The molecule has 0 radical (unpaired) electrons. The largest absolute Gasteiger partial charge is 0.389 e.